The lowest BCUT2D eigenvalue weighted by molar-refractivity contribution is -0.928. The zero-order valence-electron chi connectivity index (χ0n) is 12.3. The maximum Gasteiger partial charge on any atom is 0.0798 e. The third-order valence-electron chi connectivity index (χ3n) is 3.72. The number of halogens is 1. The summed E-state index contributed by atoms with van der Waals surface area (Å²) in [4.78, 5) is 0. The molecule has 0 radical (unpaired) electrons. The average Bonchev–Trinajstić information content (AvgIpc) is 2.37. The molecule has 0 spiro atoms. The van der Waals surface area contributed by atoms with Crippen molar-refractivity contribution in [1.29, 1.82) is 0 Å². The Morgan fingerprint density at radius 1 is 0.647 bits per heavy atom. The van der Waals surface area contributed by atoms with E-state index in [1.165, 1.54) is 75.6 Å². The standard InChI is InChI=1S/C15H33ClN/c1-4-7-12-17(13-8-5-2,14-9-6-3)15-10-11-16/h4-15H2,1-3H3/q+1. The van der Waals surface area contributed by atoms with E-state index in [0.29, 0.717) is 0 Å². The van der Waals surface area contributed by atoms with Crippen LogP contribution in [0.25, 0.3) is 0 Å². The number of alkyl halides is 1. The summed E-state index contributed by atoms with van der Waals surface area (Å²) in [6.45, 7) is 12.3. The predicted octanol–water partition coefficient (Wildman–Crippen LogP) is 4.83. The van der Waals surface area contributed by atoms with Gasteiger partial charge in [-0.25, -0.2) is 0 Å². The quantitative estimate of drug-likeness (QED) is 0.349. The second-order valence-corrected chi connectivity index (χ2v) is 5.72. The van der Waals surface area contributed by atoms with Gasteiger partial charge in [0.1, 0.15) is 0 Å². The molecular weight excluding hydrogens is 230 g/mol. The zero-order valence-corrected chi connectivity index (χ0v) is 13.1. The fourth-order valence-corrected chi connectivity index (χ4v) is 2.67. The van der Waals surface area contributed by atoms with E-state index in [1.54, 1.807) is 0 Å². The van der Waals surface area contributed by atoms with Crippen molar-refractivity contribution in [2.45, 2.75) is 65.7 Å². The Kier molecular flexibility index (Phi) is 11.5. The van der Waals surface area contributed by atoms with Gasteiger partial charge in [0.25, 0.3) is 0 Å². The fourth-order valence-electron chi connectivity index (χ4n) is 2.55. The summed E-state index contributed by atoms with van der Waals surface area (Å²) in [7, 11) is 0. The minimum absolute atomic E-state index is 0.824. The van der Waals surface area contributed by atoms with E-state index < -0.39 is 0 Å². The molecule has 1 nitrogen and oxygen atoms in total. The topological polar surface area (TPSA) is 0 Å². The van der Waals surface area contributed by atoms with Crippen molar-refractivity contribution < 1.29 is 4.48 Å². The molecule has 17 heavy (non-hydrogen) atoms. The molecule has 0 heterocycles. The molecule has 0 rings (SSSR count). The molecule has 0 unspecified atom stereocenters. The predicted molar refractivity (Wildman–Crippen MR) is 79.8 cm³/mol. The number of quaternary nitrogens is 1. The van der Waals surface area contributed by atoms with E-state index in [-0.39, 0.29) is 0 Å². The Morgan fingerprint density at radius 2 is 1.00 bits per heavy atom. The largest absolute Gasteiger partial charge is 0.324 e. The Bertz CT molecular complexity index is 121. The molecule has 0 amide bonds. The minimum atomic E-state index is 0.824. The van der Waals surface area contributed by atoms with Gasteiger partial charge in [0, 0.05) is 12.3 Å². The first-order chi connectivity index (χ1) is 8.24. The van der Waals surface area contributed by atoms with E-state index in [4.69, 9.17) is 11.6 Å². The Morgan fingerprint density at radius 3 is 1.29 bits per heavy atom. The molecule has 0 aromatic heterocycles. The fraction of sp³-hybridized carbons (Fsp3) is 1.00. The first kappa shape index (κ1) is 17.2. The first-order valence-electron chi connectivity index (χ1n) is 7.65. The highest BCUT2D eigenvalue weighted by Crippen LogP contribution is 2.16. The van der Waals surface area contributed by atoms with Crippen molar-refractivity contribution in [3.63, 3.8) is 0 Å². The number of nitrogens with zero attached hydrogens (tertiary/aromatic N) is 1. The van der Waals surface area contributed by atoms with E-state index >= 15 is 0 Å². The second kappa shape index (κ2) is 11.3. The van der Waals surface area contributed by atoms with Crippen LogP contribution in [0.5, 0.6) is 0 Å². The van der Waals surface area contributed by atoms with Crippen LogP contribution in [0.3, 0.4) is 0 Å². The molecule has 0 aliphatic heterocycles. The van der Waals surface area contributed by atoms with Crippen molar-refractivity contribution >= 4 is 11.6 Å². The third-order valence-corrected chi connectivity index (χ3v) is 3.99. The summed E-state index contributed by atoms with van der Waals surface area (Å²) in [6, 6.07) is 0. The lowest BCUT2D eigenvalue weighted by Gasteiger charge is -2.39. The van der Waals surface area contributed by atoms with E-state index in [1.807, 2.05) is 0 Å². The van der Waals surface area contributed by atoms with Crippen LogP contribution in [0.15, 0.2) is 0 Å². The molecule has 0 aromatic rings. The molecule has 0 aliphatic rings. The molecule has 104 valence electrons. The summed E-state index contributed by atoms with van der Waals surface area (Å²) in [5.41, 5.74) is 0. The highest BCUT2D eigenvalue weighted by molar-refractivity contribution is 6.17. The van der Waals surface area contributed by atoms with E-state index in [9.17, 15) is 0 Å². The maximum atomic E-state index is 5.90. The van der Waals surface area contributed by atoms with Crippen molar-refractivity contribution in [2.24, 2.45) is 0 Å². The molecule has 0 fully saturated rings. The summed E-state index contributed by atoms with van der Waals surface area (Å²) in [6.07, 6.45) is 9.25. The number of rotatable bonds is 12. The molecule has 0 bridgehead atoms. The molecule has 0 saturated heterocycles. The highest BCUT2D eigenvalue weighted by atomic mass is 35.5. The summed E-state index contributed by atoms with van der Waals surface area (Å²) in [5.74, 6) is 0.824. The molecule has 2 heteroatoms. The second-order valence-electron chi connectivity index (χ2n) is 5.34. The van der Waals surface area contributed by atoms with Crippen molar-refractivity contribution in [3.05, 3.63) is 0 Å². The average molecular weight is 263 g/mol. The van der Waals surface area contributed by atoms with Crippen molar-refractivity contribution in [3.8, 4) is 0 Å². The molecule has 0 atom stereocenters. The van der Waals surface area contributed by atoms with Gasteiger partial charge in [-0.2, -0.15) is 0 Å². The summed E-state index contributed by atoms with van der Waals surface area (Å²) < 4.78 is 1.34. The third kappa shape index (κ3) is 8.05. The monoisotopic (exact) mass is 262 g/mol. The molecule has 0 saturated carbocycles. The number of unbranched alkanes of at least 4 members (excludes halogenated alkanes) is 3. The smallest absolute Gasteiger partial charge is 0.0798 e. The highest BCUT2D eigenvalue weighted by Gasteiger charge is 2.24. The molecule has 0 aliphatic carbocycles. The normalized spacial score (nSPS) is 12.0. The summed E-state index contributed by atoms with van der Waals surface area (Å²) in [5, 5.41) is 0. The van der Waals surface area contributed by atoms with Crippen LogP contribution in [-0.2, 0) is 0 Å². The Labute approximate surface area is 114 Å². The lowest BCUT2D eigenvalue weighted by Crippen LogP contribution is -2.50. The number of hydrogen-bond donors (Lipinski definition) is 0. The SMILES string of the molecule is CCCC[N+](CCCC)(CCCC)CCCCl. The molecular formula is C15H33ClN+. The van der Waals surface area contributed by atoms with Crippen LogP contribution < -0.4 is 0 Å². The van der Waals surface area contributed by atoms with Gasteiger partial charge >= 0.3 is 0 Å². The van der Waals surface area contributed by atoms with E-state index in [0.717, 1.165) is 5.88 Å². The zero-order chi connectivity index (χ0) is 13.0. The van der Waals surface area contributed by atoms with Gasteiger partial charge in [-0.05, 0) is 19.3 Å². The molecule has 0 aromatic carbocycles. The minimum Gasteiger partial charge on any atom is -0.324 e. The van der Waals surface area contributed by atoms with Gasteiger partial charge in [-0.3, -0.25) is 0 Å². The van der Waals surface area contributed by atoms with Gasteiger partial charge in [0.2, 0.25) is 0 Å². The van der Waals surface area contributed by atoms with Gasteiger partial charge in [0.05, 0.1) is 26.2 Å². The summed E-state index contributed by atoms with van der Waals surface area (Å²) >= 11 is 5.90. The van der Waals surface area contributed by atoms with Gasteiger partial charge in [0.15, 0.2) is 0 Å². The van der Waals surface area contributed by atoms with Gasteiger partial charge in [-0.1, -0.05) is 40.0 Å². The van der Waals surface area contributed by atoms with Crippen LogP contribution in [0.1, 0.15) is 65.7 Å². The van der Waals surface area contributed by atoms with Crippen molar-refractivity contribution in [1.82, 2.24) is 0 Å². The van der Waals surface area contributed by atoms with Crippen LogP contribution in [0, 0.1) is 0 Å². The van der Waals surface area contributed by atoms with Gasteiger partial charge < -0.3 is 4.48 Å². The Hall–Kier alpha value is 0.250. The van der Waals surface area contributed by atoms with E-state index in [2.05, 4.69) is 20.8 Å². The first-order valence-corrected chi connectivity index (χ1v) is 8.19. The number of hydrogen-bond acceptors (Lipinski definition) is 0. The van der Waals surface area contributed by atoms with Crippen LogP contribution in [0.2, 0.25) is 0 Å². The Balaban J connectivity index is 4.39. The van der Waals surface area contributed by atoms with Crippen LogP contribution in [-0.4, -0.2) is 36.5 Å². The van der Waals surface area contributed by atoms with Crippen LogP contribution in [0.4, 0.5) is 0 Å². The lowest BCUT2D eigenvalue weighted by atomic mass is 10.1. The van der Waals surface area contributed by atoms with Crippen molar-refractivity contribution in [2.75, 3.05) is 32.1 Å². The van der Waals surface area contributed by atoms with Gasteiger partial charge in [-0.15, -0.1) is 11.6 Å². The molecule has 0 N–H and O–H groups in total. The van der Waals surface area contributed by atoms with Crippen LogP contribution >= 0.6 is 11.6 Å². The maximum absolute atomic E-state index is 5.90.